The number of hydrogen-bond acceptors (Lipinski definition) is 3. The third-order valence-corrected chi connectivity index (χ3v) is 4.75. The van der Waals surface area contributed by atoms with Gasteiger partial charge in [0.2, 0.25) is 10.0 Å². The Hall–Kier alpha value is -0.780. The molecule has 1 rings (SSSR count). The van der Waals surface area contributed by atoms with Gasteiger partial charge in [-0.05, 0) is 25.5 Å². The lowest BCUT2D eigenvalue weighted by Gasteiger charge is -2.15. The fourth-order valence-corrected chi connectivity index (χ4v) is 3.66. The summed E-state index contributed by atoms with van der Waals surface area (Å²) < 4.78 is 26.9. The standard InChI is InChI=1S/C12H19ClN2O2S/c1-3-4-6-9(2)15-18(16,17)12-10(13)7-5-8-11(12)14/h5,7-9,15H,3-4,6,14H2,1-2H3. The number of nitrogen functional groups attached to an aromatic ring is 1. The Morgan fingerprint density at radius 2 is 2.11 bits per heavy atom. The first-order valence-electron chi connectivity index (χ1n) is 5.94. The van der Waals surface area contributed by atoms with Crippen LogP contribution in [-0.4, -0.2) is 14.5 Å². The first kappa shape index (κ1) is 15.3. The molecule has 18 heavy (non-hydrogen) atoms. The van der Waals surface area contributed by atoms with Gasteiger partial charge in [0, 0.05) is 6.04 Å². The normalized spacial score (nSPS) is 13.5. The molecule has 0 bridgehead atoms. The number of nitrogens with one attached hydrogen (secondary N) is 1. The zero-order chi connectivity index (χ0) is 13.8. The van der Waals surface area contributed by atoms with Crippen LogP contribution >= 0.6 is 11.6 Å². The topological polar surface area (TPSA) is 72.2 Å². The summed E-state index contributed by atoms with van der Waals surface area (Å²) in [6.45, 7) is 3.90. The van der Waals surface area contributed by atoms with Gasteiger partial charge in [0.25, 0.3) is 0 Å². The minimum absolute atomic E-state index is 0.0324. The lowest BCUT2D eigenvalue weighted by Crippen LogP contribution is -2.33. The summed E-state index contributed by atoms with van der Waals surface area (Å²) in [6.07, 6.45) is 2.79. The summed E-state index contributed by atoms with van der Waals surface area (Å²) in [6, 6.07) is 4.53. The van der Waals surface area contributed by atoms with E-state index in [4.69, 9.17) is 17.3 Å². The van der Waals surface area contributed by atoms with Crippen LogP contribution in [0.4, 0.5) is 5.69 Å². The van der Waals surface area contributed by atoms with Crippen molar-refractivity contribution in [3.8, 4) is 0 Å². The van der Waals surface area contributed by atoms with E-state index in [0.717, 1.165) is 19.3 Å². The smallest absolute Gasteiger partial charge is 0.244 e. The Kier molecular flexibility index (Phi) is 5.44. The number of unbranched alkanes of at least 4 members (excludes halogenated alkanes) is 1. The molecule has 0 radical (unpaired) electrons. The van der Waals surface area contributed by atoms with Gasteiger partial charge in [0.15, 0.2) is 0 Å². The number of sulfonamides is 1. The molecule has 1 atom stereocenters. The number of nitrogens with two attached hydrogens (primary N) is 1. The van der Waals surface area contributed by atoms with Crippen LogP contribution in [0.3, 0.4) is 0 Å². The average Bonchev–Trinajstić information content (AvgIpc) is 2.25. The van der Waals surface area contributed by atoms with Crippen LogP contribution in [-0.2, 0) is 10.0 Å². The third-order valence-electron chi connectivity index (χ3n) is 2.61. The van der Waals surface area contributed by atoms with Gasteiger partial charge in [0.1, 0.15) is 4.90 Å². The van der Waals surface area contributed by atoms with E-state index in [-0.39, 0.29) is 21.6 Å². The van der Waals surface area contributed by atoms with Crippen LogP contribution in [0.5, 0.6) is 0 Å². The van der Waals surface area contributed by atoms with E-state index in [1.807, 2.05) is 6.92 Å². The molecule has 0 aromatic heterocycles. The summed E-state index contributed by atoms with van der Waals surface area (Å²) >= 11 is 5.90. The SMILES string of the molecule is CCCCC(C)NS(=O)(=O)c1c(N)cccc1Cl. The molecule has 1 unspecified atom stereocenters. The molecule has 3 N–H and O–H groups in total. The molecular formula is C12H19ClN2O2S. The minimum atomic E-state index is -3.66. The molecule has 0 fully saturated rings. The van der Waals surface area contributed by atoms with Crippen LogP contribution in [0.15, 0.2) is 23.1 Å². The molecule has 1 aromatic rings. The zero-order valence-corrected chi connectivity index (χ0v) is 12.2. The third kappa shape index (κ3) is 3.86. The second kappa shape index (κ2) is 6.41. The largest absolute Gasteiger partial charge is 0.398 e. The number of benzene rings is 1. The summed E-state index contributed by atoms with van der Waals surface area (Å²) in [5, 5.41) is 0.144. The molecule has 6 heteroatoms. The van der Waals surface area contributed by atoms with Gasteiger partial charge in [-0.1, -0.05) is 37.4 Å². The Morgan fingerprint density at radius 1 is 1.44 bits per heavy atom. The summed E-state index contributed by atoms with van der Waals surface area (Å²) in [5.74, 6) is 0. The van der Waals surface area contributed by atoms with Crippen molar-refractivity contribution in [2.45, 2.75) is 44.0 Å². The molecule has 0 aliphatic heterocycles. The highest BCUT2D eigenvalue weighted by Crippen LogP contribution is 2.27. The Balaban J connectivity index is 2.93. The Labute approximate surface area is 114 Å². The quantitative estimate of drug-likeness (QED) is 0.791. The van der Waals surface area contributed by atoms with Crippen LogP contribution in [0.1, 0.15) is 33.1 Å². The van der Waals surface area contributed by atoms with Gasteiger partial charge in [-0.3, -0.25) is 0 Å². The molecule has 0 saturated heterocycles. The highest BCUT2D eigenvalue weighted by molar-refractivity contribution is 7.89. The lowest BCUT2D eigenvalue weighted by molar-refractivity contribution is 0.534. The summed E-state index contributed by atoms with van der Waals surface area (Å²) in [7, 11) is -3.66. The number of anilines is 1. The minimum Gasteiger partial charge on any atom is -0.398 e. The highest BCUT2D eigenvalue weighted by atomic mass is 35.5. The van der Waals surface area contributed by atoms with E-state index in [1.165, 1.54) is 12.1 Å². The van der Waals surface area contributed by atoms with Gasteiger partial charge in [-0.15, -0.1) is 0 Å². The molecular weight excluding hydrogens is 272 g/mol. The van der Waals surface area contributed by atoms with Crippen LogP contribution < -0.4 is 10.5 Å². The fraction of sp³-hybridized carbons (Fsp3) is 0.500. The van der Waals surface area contributed by atoms with Gasteiger partial charge in [-0.25, -0.2) is 13.1 Å². The Bertz CT molecular complexity index is 483. The van der Waals surface area contributed by atoms with Crippen molar-refractivity contribution in [2.75, 3.05) is 5.73 Å². The number of hydrogen-bond donors (Lipinski definition) is 2. The van der Waals surface area contributed by atoms with Gasteiger partial charge in [0.05, 0.1) is 10.7 Å². The van der Waals surface area contributed by atoms with E-state index in [9.17, 15) is 8.42 Å². The molecule has 0 aliphatic carbocycles. The van der Waals surface area contributed by atoms with Gasteiger partial charge < -0.3 is 5.73 Å². The van der Waals surface area contributed by atoms with Crippen LogP contribution in [0, 0.1) is 0 Å². The second-order valence-electron chi connectivity index (χ2n) is 4.32. The maximum Gasteiger partial charge on any atom is 0.244 e. The maximum absolute atomic E-state index is 12.2. The second-order valence-corrected chi connectivity index (χ2v) is 6.38. The molecule has 1 aromatic carbocycles. The molecule has 0 saturated carbocycles. The first-order chi connectivity index (χ1) is 8.38. The number of rotatable bonds is 6. The van der Waals surface area contributed by atoms with Crippen molar-refractivity contribution in [3.05, 3.63) is 23.2 Å². The van der Waals surface area contributed by atoms with Gasteiger partial charge in [-0.2, -0.15) is 0 Å². The van der Waals surface area contributed by atoms with Crippen LogP contribution in [0.2, 0.25) is 5.02 Å². The van der Waals surface area contributed by atoms with Crippen LogP contribution in [0.25, 0.3) is 0 Å². The molecule has 0 heterocycles. The fourth-order valence-electron chi connectivity index (χ4n) is 1.70. The average molecular weight is 291 g/mol. The van der Waals surface area contributed by atoms with Crippen molar-refractivity contribution in [1.82, 2.24) is 4.72 Å². The van der Waals surface area contributed by atoms with E-state index in [2.05, 4.69) is 11.6 Å². The Morgan fingerprint density at radius 3 is 2.67 bits per heavy atom. The van der Waals surface area contributed by atoms with Gasteiger partial charge >= 0.3 is 0 Å². The lowest BCUT2D eigenvalue weighted by atomic mass is 10.2. The molecule has 0 aliphatic rings. The van der Waals surface area contributed by atoms with E-state index < -0.39 is 10.0 Å². The van der Waals surface area contributed by atoms with Crippen molar-refractivity contribution >= 4 is 27.3 Å². The predicted molar refractivity (Wildman–Crippen MR) is 75.2 cm³/mol. The molecule has 0 spiro atoms. The van der Waals surface area contributed by atoms with Crippen molar-refractivity contribution in [3.63, 3.8) is 0 Å². The van der Waals surface area contributed by atoms with E-state index in [0.29, 0.717) is 0 Å². The zero-order valence-electron chi connectivity index (χ0n) is 10.6. The molecule has 102 valence electrons. The van der Waals surface area contributed by atoms with Crippen molar-refractivity contribution in [2.24, 2.45) is 0 Å². The van der Waals surface area contributed by atoms with E-state index in [1.54, 1.807) is 6.07 Å². The van der Waals surface area contributed by atoms with Crippen molar-refractivity contribution < 1.29 is 8.42 Å². The van der Waals surface area contributed by atoms with Crippen molar-refractivity contribution in [1.29, 1.82) is 0 Å². The first-order valence-corrected chi connectivity index (χ1v) is 7.81. The summed E-state index contributed by atoms with van der Waals surface area (Å²) in [5.41, 5.74) is 5.84. The maximum atomic E-state index is 12.2. The summed E-state index contributed by atoms with van der Waals surface area (Å²) in [4.78, 5) is -0.0324. The number of halogens is 1. The molecule has 4 nitrogen and oxygen atoms in total. The highest BCUT2D eigenvalue weighted by Gasteiger charge is 2.22. The van der Waals surface area contributed by atoms with E-state index >= 15 is 0 Å². The monoisotopic (exact) mass is 290 g/mol. The predicted octanol–water partition coefficient (Wildman–Crippen LogP) is 2.78. The molecule has 0 amide bonds.